The van der Waals surface area contributed by atoms with Gasteiger partial charge in [-0.2, -0.15) is 4.90 Å². The third kappa shape index (κ3) is 1.95. The molecule has 0 aromatic rings. The summed E-state index contributed by atoms with van der Waals surface area (Å²) in [7, 11) is 1.45. The molecule has 1 saturated heterocycles. The zero-order valence-corrected chi connectivity index (χ0v) is 8.37. The van der Waals surface area contributed by atoms with Crippen molar-refractivity contribution >= 4 is 29.6 Å². The molecular formula is C7H10ClN3O3. The fraction of sp³-hybridized carbons (Fsp3) is 0.571. The molecule has 0 saturated carbocycles. The van der Waals surface area contributed by atoms with Crippen molar-refractivity contribution in [3.05, 3.63) is 0 Å². The largest absolute Gasteiger partial charge is 0.336 e. The van der Waals surface area contributed by atoms with Crippen molar-refractivity contribution in [2.24, 2.45) is 0 Å². The highest BCUT2D eigenvalue weighted by atomic mass is 35.5. The van der Waals surface area contributed by atoms with E-state index in [0.29, 0.717) is 4.90 Å². The van der Waals surface area contributed by atoms with Crippen LogP contribution < -0.4 is 5.32 Å². The normalized spacial score (nSPS) is 16.4. The van der Waals surface area contributed by atoms with Gasteiger partial charge in [0.15, 0.2) is 0 Å². The molecule has 1 N–H and O–H groups in total. The van der Waals surface area contributed by atoms with Crippen molar-refractivity contribution in [1.29, 1.82) is 0 Å². The van der Waals surface area contributed by atoms with Crippen LogP contribution in [0.25, 0.3) is 0 Å². The molecule has 0 radical (unpaired) electrons. The minimum Gasteiger partial charge on any atom is -0.336 e. The van der Waals surface area contributed by atoms with Crippen LogP contribution in [0.1, 0.15) is 0 Å². The lowest BCUT2D eigenvalue weighted by atomic mass is 10.6. The average Bonchev–Trinajstić information content (AvgIpc) is 2.38. The van der Waals surface area contributed by atoms with E-state index in [1.807, 2.05) is 0 Å². The summed E-state index contributed by atoms with van der Waals surface area (Å²) < 4.78 is 0. The summed E-state index contributed by atoms with van der Waals surface area (Å²) in [5, 5.41) is 2.34. The van der Waals surface area contributed by atoms with Crippen LogP contribution in [0.2, 0.25) is 0 Å². The van der Waals surface area contributed by atoms with Gasteiger partial charge in [-0.15, -0.1) is 11.6 Å². The molecular weight excluding hydrogens is 210 g/mol. The van der Waals surface area contributed by atoms with Gasteiger partial charge in [0.2, 0.25) is 0 Å². The summed E-state index contributed by atoms with van der Waals surface area (Å²) in [6.45, 7) is 0.161. The molecule has 14 heavy (non-hydrogen) atoms. The summed E-state index contributed by atoms with van der Waals surface area (Å²) in [4.78, 5) is 35.4. The number of alkyl halides is 1. The number of nitrogens with one attached hydrogen (secondary N) is 1. The average molecular weight is 220 g/mol. The minimum absolute atomic E-state index is 0.0624. The fourth-order valence-corrected chi connectivity index (χ4v) is 1.15. The lowest BCUT2D eigenvalue weighted by Gasteiger charge is -2.12. The van der Waals surface area contributed by atoms with Gasteiger partial charge in [-0.3, -0.25) is 4.79 Å². The molecule has 0 aliphatic carbocycles. The van der Waals surface area contributed by atoms with E-state index in [1.54, 1.807) is 0 Å². The Kier molecular flexibility index (Phi) is 3.29. The van der Waals surface area contributed by atoms with Crippen LogP contribution in [0.4, 0.5) is 9.59 Å². The van der Waals surface area contributed by atoms with Crippen molar-refractivity contribution in [1.82, 2.24) is 15.1 Å². The van der Waals surface area contributed by atoms with Crippen molar-refractivity contribution in [2.75, 3.05) is 26.0 Å². The molecule has 5 amide bonds. The van der Waals surface area contributed by atoms with Gasteiger partial charge in [-0.25, -0.2) is 9.59 Å². The Balaban J connectivity index is 2.63. The summed E-state index contributed by atoms with van der Waals surface area (Å²) in [6.07, 6.45) is 0. The molecule has 78 valence electrons. The topological polar surface area (TPSA) is 69.7 Å². The van der Waals surface area contributed by atoms with Crippen molar-refractivity contribution in [2.45, 2.75) is 0 Å². The first-order chi connectivity index (χ1) is 6.57. The van der Waals surface area contributed by atoms with Gasteiger partial charge in [0, 0.05) is 19.5 Å². The van der Waals surface area contributed by atoms with E-state index < -0.39 is 18.0 Å². The van der Waals surface area contributed by atoms with Crippen LogP contribution in [0.3, 0.4) is 0 Å². The number of rotatable bonds is 2. The molecule has 1 heterocycles. The van der Waals surface area contributed by atoms with E-state index in [-0.39, 0.29) is 19.0 Å². The zero-order valence-electron chi connectivity index (χ0n) is 7.62. The number of halogens is 1. The molecule has 1 aliphatic heterocycles. The highest BCUT2D eigenvalue weighted by Crippen LogP contribution is 2.07. The summed E-state index contributed by atoms with van der Waals surface area (Å²) in [5.74, 6) is -0.290. The van der Waals surface area contributed by atoms with Gasteiger partial charge in [0.1, 0.15) is 6.54 Å². The van der Waals surface area contributed by atoms with Gasteiger partial charge >= 0.3 is 12.1 Å². The van der Waals surface area contributed by atoms with Crippen molar-refractivity contribution in [3.63, 3.8) is 0 Å². The van der Waals surface area contributed by atoms with E-state index in [9.17, 15) is 14.4 Å². The van der Waals surface area contributed by atoms with E-state index in [1.165, 1.54) is 11.9 Å². The smallest absolute Gasteiger partial charge is 0.335 e. The Hall–Kier alpha value is -1.30. The number of likely N-dealkylation sites (N-methyl/N-ethyl adjacent to an activating group) is 1. The Morgan fingerprint density at radius 3 is 2.64 bits per heavy atom. The number of urea groups is 2. The predicted molar refractivity (Wildman–Crippen MR) is 49.0 cm³/mol. The van der Waals surface area contributed by atoms with Gasteiger partial charge in [0.05, 0.1) is 0 Å². The molecule has 0 aromatic carbocycles. The number of hydrogen-bond donors (Lipinski definition) is 1. The van der Waals surface area contributed by atoms with E-state index in [0.717, 1.165) is 0 Å². The maximum absolute atomic E-state index is 11.3. The van der Waals surface area contributed by atoms with Crippen LogP contribution in [-0.4, -0.2) is 53.8 Å². The summed E-state index contributed by atoms with van der Waals surface area (Å²) >= 11 is 5.34. The van der Waals surface area contributed by atoms with Crippen LogP contribution in [0.5, 0.6) is 0 Å². The molecule has 0 unspecified atom stereocenters. The number of nitrogens with zero attached hydrogens (tertiary/aromatic N) is 2. The third-order valence-corrected chi connectivity index (χ3v) is 1.90. The van der Waals surface area contributed by atoms with Crippen molar-refractivity contribution in [3.8, 4) is 0 Å². The molecule has 0 atom stereocenters. The molecule has 1 rings (SSSR count). The van der Waals surface area contributed by atoms with Crippen LogP contribution in [-0.2, 0) is 4.79 Å². The second kappa shape index (κ2) is 4.28. The van der Waals surface area contributed by atoms with E-state index in [4.69, 9.17) is 11.6 Å². The Morgan fingerprint density at radius 1 is 1.57 bits per heavy atom. The summed E-state index contributed by atoms with van der Waals surface area (Å²) in [5.41, 5.74) is 0. The quantitative estimate of drug-likeness (QED) is 0.518. The minimum atomic E-state index is -0.718. The highest BCUT2D eigenvalue weighted by Gasteiger charge is 2.38. The SMILES string of the molecule is CN1CC(=O)N(C(=O)NCCCl)C1=O. The van der Waals surface area contributed by atoms with Gasteiger partial charge in [-0.1, -0.05) is 0 Å². The van der Waals surface area contributed by atoms with Gasteiger partial charge in [-0.05, 0) is 0 Å². The highest BCUT2D eigenvalue weighted by molar-refractivity contribution is 6.18. The number of amides is 5. The zero-order chi connectivity index (χ0) is 10.7. The first-order valence-corrected chi connectivity index (χ1v) is 4.53. The summed E-state index contributed by atoms with van der Waals surface area (Å²) in [6, 6.07) is -1.33. The second-order valence-electron chi connectivity index (χ2n) is 2.79. The Morgan fingerprint density at radius 2 is 2.21 bits per heavy atom. The molecule has 0 bridgehead atoms. The molecule has 7 heteroatoms. The van der Waals surface area contributed by atoms with Crippen LogP contribution >= 0.6 is 11.6 Å². The van der Waals surface area contributed by atoms with Crippen LogP contribution in [0.15, 0.2) is 0 Å². The monoisotopic (exact) mass is 219 g/mol. The van der Waals surface area contributed by atoms with Crippen molar-refractivity contribution < 1.29 is 14.4 Å². The maximum Gasteiger partial charge on any atom is 0.335 e. The van der Waals surface area contributed by atoms with Gasteiger partial charge in [0.25, 0.3) is 5.91 Å². The molecule has 1 fully saturated rings. The standard InChI is InChI=1S/C7H10ClN3O3/c1-10-4-5(12)11(7(10)14)6(13)9-3-2-8/h2-4H2,1H3,(H,9,13). The lowest BCUT2D eigenvalue weighted by Crippen LogP contribution is -2.44. The Bertz CT molecular complexity index is 281. The van der Waals surface area contributed by atoms with E-state index in [2.05, 4.69) is 5.32 Å². The molecule has 0 spiro atoms. The number of hydrogen-bond acceptors (Lipinski definition) is 3. The molecule has 0 aromatic heterocycles. The number of carbonyl (C=O) groups excluding carboxylic acids is 3. The third-order valence-electron chi connectivity index (χ3n) is 1.71. The van der Waals surface area contributed by atoms with Gasteiger partial charge < -0.3 is 10.2 Å². The second-order valence-corrected chi connectivity index (χ2v) is 3.17. The molecule has 1 aliphatic rings. The maximum atomic E-state index is 11.3. The van der Waals surface area contributed by atoms with Crippen LogP contribution in [0, 0.1) is 0 Å². The number of imide groups is 3. The fourth-order valence-electron chi connectivity index (χ4n) is 1.05. The Labute approximate surface area is 85.8 Å². The molecule has 6 nitrogen and oxygen atoms in total. The predicted octanol–water partition coefficient (Wildman–Crippen LogP) is -0.171. The first kappa shape index (κ1) is 10.8. The first-order valence-electron chi connectivity index (χ1n) is 3.99. The number of carbonyl (C=O) groups is 3. The lowest BCUT2D eigenvalue weighted by molar-refractivity contribution is -0.123. The van der Waals surface area contributed by atoms with E-state index >= 15 is 0 Å².